The second-order valence-electron chi connectivity index (χ2n) is 7.22. The molecule has 0 fully saturated rings. The van der Waals surface area contributed by atoms with E-state index in [0.717, 1.165) is 41.2 Å². The minimum atomic E-state index is -0.400. The fourth-order valence-electron chi connectivity index (χ4n) is 3.78. The molecule has 0 spiro atoms. The molecule has 3 heteroatoms. The third kappa shape index (κ3) is 3.49. The summed E-state index contributed by atoms with van der Waals surface area (Å²) in [5.41, 5.74) is 2.53. The first kappa shape index (κ1) is 18.9. The molecule has 0 aliphatic rings. The summed E-state index contributed by atoms with van der Waals surface area (Å²) in [4.78, 5) is 0. The van der Waals surface area contributed by atoms with Crippen LogP contribution >= 0.6 is 11.6 Å². The summed E-state index contributed by atoms with van der Waals surface area (Å²) < 4.78 is 29.9. The van der Waals surface area contributed by atoms with Crippen LogP contribution in [0.2, 0.25) is 5.02 Å². The number of benzene rings is 4. The molecule has 0 saturated carbocycles. The van der Waals surface area contributed by atoms with Gasteiger partial charge in [0.1, 0.15) is 11.6 Å². The fourth-order valence-corrected chi connectivity index (χ4v) is 3.90. The molecular formula is C25H21ClF2. The lowest BCUT2D eigenvalue weighted by Crippen LogP contribution is -1.94. The summed E-state index contributed by atoms with van der Waals surface area (Å²) in [7, 11) is 0. The number of hydrogen-bond donors (Lipinski definition) is 0. The van der Waals surface area contributed by atoms with Crippen LogP contribution in [0.4, 0.5) is 8.78 Å². The van der Waals surface area contributed by atoms with Gasteiger partial charge >= 0.3 is 0 Å². The lowest BCUT2D eigenvalue weighted by Gasteiger charge is -2.11. The van der Waals surface area contributed by atoms with Crippen LogP contribution in [-0.4, -0.2) is 0 Å². The fraction of sp³-hybridized carbons (Fsp3) is 0.200. The molecule has 0 unspecified atom stereocenters. The second-order valence-corrected chi connectivity index (χ2v) is 7.65. The summed E-state index contributed by atoms with van der Waals surface area (Å²) in [5, 5.41) is 2.99. The van der Waals surface area contributed by atoms with Gasteiger partial charge in [-0.2, -0.15) is 0 Å². The average Bonchev–Trinajstić information content (AvgIpc) is 2.71. The predicted octanol–water partition coefficient (Wildman–Crippen LogP) is 8.32. The molecule has 0 aromatic heterocycles. The topological polar surface area (TPSA) is 0 Å². The number of fused-ring (bicyclic) bond motifs is 3. The van der Waals surface area contributed by atoms with Crippen molar-refractivity contribution in [2.24, 2.45) is 0 Å². The van der Waals surface area contributed by atoms with Crippen molar-refractivity contribution >= 4 is 33.1 Å². The van der Waals surface area contributed by atoms with Gasteiger partial charge in [-0.3, -0.25) is 0 Å². The Labute approximate surface area is 168 Å². The molecule has 4 aromatic carbocycles. The maximum atomic E-state index is 15.0. The van der Waals surface area contributed by atoms with Gasteiger partial charge in [-0.15, -0.1) is 0 Å². The van der Waals surface area contributed by atoms with Crippen LogP contribution in [0.1, 0.15) is 31.7 Å². The van der Waals surface area contributed by atoms with Crippen molar-refractivity contribution in [3.05, 3.63) is 82.9 Å². The van der Waals surface area contributed by atoms with Gasteiger partial charge in [0.2, 0.25) is 0 Å². The summed E-state index contributed by atoms with van der Waals surface area (Å²) in [6.45, 7) is 2.12. The molecule has 0 aliphatic carbocycles. The molecule has 0 radical (unpaired) electrons. The van der Waals surface area contributed by atoms with E-state index in [1.807, 2.05) is 54.6 Å². The van der Waals surface area contributed by atoms with Crippen LogP contribution in [0, 0.1) is 11.6 Å². The van der Waals surface area contributed by atoms with Gasteiger partial charge in [0, 0.05) is 15.8 Å². The number of halogens is 3. The van der Waals surface area contributed by atoms with E-state index in [4.69, 9.17) is 11.6 Å². The van der Waals surface area contributed by atoms with E-state index in [2.05, 4.69) is 6.92 Å². The Kier molecular flexibility index (Phi) is 5.32. The molecule has 0 amide bonds. The van der Waals surface area contributed by atoms with E-state index >= 15 is 4.39 Å². The highest BCUT2D eigenvalue weighted by molar-refractivity contribution is 6.30. The quantitative estimate of drug-likeness (QED) is 0.236. The van der Waals surface area contributed by atoms with Gasteiger partial charge in [0.05, 0.1) is 0 Å². The standard InChI is InChI=1S/C25H21ClF2/c1-2-3-4-5-17-8-12-21-20-13-9-18(16-6-10-19(26)11-7-16)14-22(20)24(27)15-23(21)25(17)28/h6-15H,2-5H2,1H3. The van der Waals surface area contributed by atoms with Gasteiger partial charge in [-0.1, -0.05) is 67.8 Å². The molecule has 0 bridgehead atoms. The molecule has 0 nitrogen and oxygen atoms in total. The number of hydrogen-bond acceptors (Lipinski definition) is 0. The third-order valence-corrected chi connectivity index (χ3v) is 5.58. The van der Waals surface area contributed by atoms with Gasteiger partial charge in [0.25, 0.3) is 0 Å². The van der Waals surface area contributed by atoms with E-state index in [0.29, 0.717) is 27.8 Å². The summed E-state index contributed by atoms with van der Waals surface area (Å²) in [6.07, 6.45) is 3.78. The first-order valence-corrected chi connectivity index (χ1v) is 10.1. The highest BCUT2D eigenvalue weighted by Gasteiger charge is 2.14. The Bertz CT molecular complexity index is 1150. The summed E-state index contributed by atoms with van der Waals surface area (Å²) >= 11 is 5.96. The van der Waals surface area contributed by atoms with Crippen LogP contribution in [0.15, 0.2) is 60.7 Å². The molecule has 4 rings (SSSR count). The van der Waals surface area contributed by atoms with Crippen molar-refractivity contribution in [2.75, 3.05) is 0 Å². The molecule has 0 aliphatic heterocycles. The van der Waals surface area contributed by atoms with Gasteiger partial charge in [-0.05, 0) is 64.6 Å². The largest absolute Gasteiger partial charge is 0.206 e. The Morgan fingerprint density at radius 2 is 1.39 bits per heavy atom. The first-order chi connectivity index (χ1) is 13.6. The van der Waals surface area contributed by atoms with E-state index in [1.165, 1.54) is 6.07 Å². The van der Waals surface area contributed by atoms with Crippen LogP contribution in [0.3, 0.4) is 0 Å². The Morgan fingerprint density at radius 1 is 0.714 bits per heavy atom. The number of unbranched alkanes of at least 4 members (excludes halogenated alkanes) is 2. The minimum Gasteiger partial charge on any atom is -0.206 e. The minimum absolute atomic E-state index is 0.295. The Hall–Kier alpha value is -2.45. The van der Waals surface area contributed by atoms with Crippen LogP contribution in [0.5, 0.6) is 0 Å². The van der Waals surface area contributed by atoms with Crippen LogP contribution < -0.4 is 0 Å². The molecule has 0 heterocycles. The summed E-state index contributed by atoms with van der Waals surface area (Å²) in [6, 6.07) is 18.2. The van der Waals surface area contributed by atoms with Crippen molar-refractivity contribution < 1.29 is 8.78 Å². The van der Waals surface area contributed by atoms with Crippen molar-refractivity contribution in [2.45, 2.75) is 32.6 Å². The summed E-state index contributed by atoms with van der Waals surface area (Å²) in [5.74, 6) is -0.695. The SMILES string of the molecule is CCCCCc1ccc2c(cc(F)c3cc(-c4ccc(Cl)cc4)ccc32)c1F. The van der Waals surface area contributed by atoms with Crippen molar-refractivity contribution in [1.82, 2.24) is 0 Å². The lowest BCUT2D eigenvalue weighted by atomic mass is 9.95. The average molecular weight is 395 g/mol. The highest BCUT2D eigenvalue weighted by Crippen LogP contribution is 2.34. The molecule has 0 N–H and O–H groups in total. The highest BCUT2D eigenvalue weighted by atomic mass is 35.5. The zero-order valence-corrected chi connectivity index (χ0v) is 16.5. The monoisotopic (exact) mass is 394 g/mol. The molecule has 0 atom stereocenters. The lowest BCUT2D eigenvalue weighted by molar-refractivity contribution is 0.606. The first-order valence-electron chi connectivity index (χ1n) is 9.68. The molecular weight excluding hydrogens is 374 g/mol. The zero-order valence-electron chi connectivity index (χ0n) is 15.7. The molecule has 28 heavy (non-hydrogen) atoms. The maximum Gasteiger partial charge on any atom is 0.134 e. The van der Waals surface area contributed by atoms with Crippen LogP contribution in [0.25, 0.3) is 32.7 Å². The Balaban J connectivity index is 1.83. The smallest absolute Gasteiger partial charge is 0.134 e. The zero-order chi connectivity index (χ0) is 19.7. The van der Waals surface area contributed by atoms with E-state index in [1.54, 1.807) is 0 Å². The van der Waals surface area contributed by atoms with Crippen molar-refractivity contribution in [3.8, 4) is 11.1 Å². The second kappa shape index (κ2) is 7.89. The van der Waals surface area contributed by atoms with Gasteiger partial charge in [0.15, 0.2) is 0 Å². The maximum absolute atomic E-state index is 15.0. The van der Waals surface area contributed by atoms with Crippen molar-refractivity contribution in [3.63, 3.8) is 0 Å². The van der Waals surface area contributed by atoms with Crippen LogP contribution in [-0.2, 0) is 6.42 Å². The van der Waals surface area contributed by atoms with E-state index in [9.17, 15) is 4.39 Å². The normalized spacial score (nSPS) is 11.4. The van der Waals surface area contributed by atoms with Crippen molar-refractivity contribution in [1.29, 1.82) is 0 Å². The van der Waals surface area contributed by atoms with Gasteiger partial charge in [-0.25, -0.2) is 8.78 Å². The van der Waals surface area contributed by atoms with E-state index < -0.39 is 5.82 Å². The van der Waals surface area contributed by atoms with E-state index in [-0.39, 0.29) is 5.82 Å². The Morgan fingerprint density at radius 3 is 2.14 bits per heavy atom. The number of aryl methyl sites for hydroxylation is 1. The molecule has 4 aromatic rings. The molecule has 142 valence electrons. The predicted molar refractivity (Wildman–Crippen MR) is 115 cm³/mol. The third-order valence-electron chi connectivity index (χ3n) is 5.33. The molecule has 0 saturated heterocycles. The number of rotatable bonds is 5. The van der Waals surface area contributed by atoms with Gasteiger partial charge < -0.3 is 0 Å².